The van der Waals surface area contributed by atoms with E-state index in [4.69, 9.17) is 11.2 Å². The Kier molecular flexibility index (Phi) is 3.37. The molecule has 0 bridgehead atoms. The topological polar surface area (TPSA) is 39.2 Å². The Hall–Kier alpha value is -2.34. The highest BCUT2D eigenvalue weighted by Gasteiger charge is 2.05. The predicted molar refractivity (Wildman–Crippen MR) is 65.2 cm³/mol. The zero-order valence-electron chi connectivity index (χ0n) is 9.22. The quantitative estimate of drug-likeness (QED) is 0.592. The van der Waals surface area contributed by atoms with Gasteiger partial charge in [-0.25, -0.2) is 0 Å². The average molecular weight is 225 g/mol. The first kappa shape index (κ1) is 11.2. The smallest absolute Gasteiger partial charge is 0.312 e. The number of carbonyl (C=O) groups is 1. The van der Waals surface area contributed by atoms with E-state index in [1.807, 2.05) is 36.4 Å². The highest BCUT2D eigenvalue weighted by molar-refractivity contribution is 5.79. The van der Waals surface area contributed by atoms with Crippen LogP contribution in [0.15, 0.2) is 36.4 Å². The van der Waals surface area contributed by atoms with Crippen molar-refractivity contribution in [2.45, 2.75) is 6.42 Å². The molecule has 0 amide bonds. The monoisotopic (exact) mass is 225 g/mol. The van der Waals surface area contributed by atoms with E-state index < -0.39 is 0 Å². The maximum absolute atomic E-state index is 11.3. The molecule has 0 aliphatic rings. The third-order valence-electron chi connectivity index (χ3n) is 2.30. The molecule has 1 heterocycles. The number of pyridine rings is 1. The van der Waals surface area contributed by atoms with Gasteiger partial charge in [0.2, 0.25) is 0 Å². The van der Waals surface area contributed by atoms with Crippen LogP contribution < -0.4 is 0 Å². The van der Waals surface area contributed by atoms with Gasteiger partial charge in [-0.3, -0.25) is 9.78 Å². The number of hydrogen-bond acceptors (Lipinski definition) is 3. The molecule has 2 aromatic rings. The Labute approximate surface area is 99.4 Å². The molecule has 1 aromatic heterocycles. The Morgan fingerprint density at radius 1 is 1.29 bits per heavy atom. The number of ether oxygens (including phenoxy) is 1. The number of benzene rings is 1. The number of nitrogens with zero attached hydrogens (tertiary/aromatic N) is 1. The molecule has 84 valence electrons. The van der Waals surface area contributed by atoms with Crippen LogP contribution in [-0.4, -0.2) is 17.6 Å². The van der Waals surface area contributed by atoms with Gasteiger partial charge >= 0.3 is 5.97 Å². The van der Waals surface area contributed by atoms with Gasteiger partial charge in [0, 0.05) is 5.39 Å². The summed E-state index contributed by atoms with van der Waals surface area (Å²) in [4.78, 5) is 15.7. The van der Waals surface area contributed by atoms with Crippen LogP contribution >= 0.6 is 0 Å². The van der Waals surface area contributed by atoms with Gasteiger partial charge in [-0.2, -0.15) is 0 Å². The van der Waals surface area contributed by atoms with Crippen molar-refractivity contribution < 1.29 is 9.53 Å². The lowest BCUT2D eigenvalue weighted by Crippen LogP contribution is -2.09. The molecule has 0 aliphatic carbocycles. The number of carbonyl (C=O) groups excluding carboxylic acids is 1. The highest BCUT2D eigenvalue weighted by atomic mass is 16.5. The number of fused-ring (bicyclic) bond motifs is 1. The van der Waals surface area contributed by atoms with E-state index >= 15 is 0 Å². The van der Waals surface area contributed by atoms with Crippen LogP contribution in [0.1, 0.15) is 5.69 Å². The maximum Gasteiger partial charge on any atom is 0.312 e. The van der Waals surface area contributed by atoms with E-state index in [0.717, 1.165) is 10.9 Å². The van der Waals surface area contributed by atoms with Crippen LogP contribution in [0.4, 0.5) is 0 Å². The summed E-state index contributed by atoms with van der Waals surface area (Å²) >= 11 is 0. The summed E-state index contributed by atoms with van der Waals surface area (Å²) in [6.07, 6.45) is 5.15. The summed E-state index contributed by atoms with van der Waals surface area (Å²) in [5.41, 5.74) is 1.56. The van der Waals surface area contributed by atoms with E-state index in [2.05, 4.69) is 10.9 Å². The van der Waals surface area contributed by atoms with Gasteiger partial charge in [0.25, 0.3) is 0 Å². The number of esters is 1. The number of rotatable bonds is 3. The van der Waals surface area contributed by atoms with Crippen molar-refractivity contribution in [1.29, 1.82) is 0 Å². The highest BCUT2D eigenvalue weighted by Crippen LogP contribution is 2.12. The molecule has 0 saturated heterocycles. The zero-order valence-corrected chi connectivity index (χ0v) is 9.22. The molecule has 0 atom stereocenters. The normalized spacial score (nSPS) is 9.82. The summed E-state index contributed by atoms with van der Waals surface area (Å²) in [7, 11) is 0. The van der Waals surface area contributed by atoms with Crippen molar-refractivity contribution in [2.75, 3.05) is 6.61 Å². The molecule has 0 saturated carbocycles. The summed E-state index contributed by atoms with van der Waals surface area (Å²) in [5, 5.41) is 1.05. The third-order valence-corrected chi connectivity index (χ3v) is 2.30. The fourth-order valence-electron chi connectivity index (χ4n) is 1.53. The van der Waals surface area contributed by atoms with Crippen molar-refractivity contribution in [3.8, 4) is 12.3 Å². The van der Waals surface area contributed by atoms with Gasteiger partial charge in [0.15, 0.2) is 6.61 Å². The van der Waals surface area contributed by atoms with Crippen molar-refractivity contribution in [3.63, 3.8) is 0 Å². The van der Waals surface area contributed by atoms with Crippen molar-refractivity contribution in [1.82, 2.24) is 4.98 Å². The third kappa shape index (κ3) is 2.82. The number of para-hydroxylation sites is 1. The van der Waals surface area contributed by atoms with Gasteiger partial charge in [-0.15, -0.1) is 6.42 Å². The summed E-state index contributed by atoms with van der Waals surface area (Å²) < 4.78 is 4.79. The number of terminal acetylenes is 1. The lowest BCUT2D eigenvalue weighted by Gasteiger charge is -2.02. The van der Waals surface area contributed by atoms with Crippen LogP contribution in [0.5, 0.6) is 0 Å². The standard InChI is InChI=1S/C14H11NO2/c1-2-9-17-14(16)10-12-8-7-11-5-3-4-6-13(11)15-12/h1,3-8H,9-10H2. The van der Waals surface area contributed by atoms with Gasteiger partial charge in [0.05, 0.1) is 17.6 Å². The Morgan fingerprint density at radius 3 is 2.94 bits per heavy atom. The second kappa shape index (κ2) is 5.13. The van der Waals surface area contributed by atoms with Crippen LogP contribution in [-0.2, 0) is 16.0 Å². The van der Waals surface area contributed by atoms with Gasteiger partial charge in [-0.1, -0.05) is 30.2 Å². The van der Waals surface area contributed by atoms with E-state index in [-0.39, 0.29) is 19.0 Å². The Morgan fingerprint density at radius 2 is 2.12 bits per heavy atom. The molecule has 0 aliphatic heterocycles. The summed E-state index contributed by atoms with van der Waals surface area (Å²) in [5.74, 6) is 1.89. The minimum atomic E-state index is -0.356. The van der Waals surface area contributed by atoms with Crippen molar-refractivity contribution in [3.05, 3.63) is 42.1 Å². The fraction of sp³-hybridized carbons (Fsp3) is 0.143. The molecule has 1 aromatic carbocycles. The largest absolute Gasteiger partial charge is 0.452 e. The second-order valence-corrected chi connectivity index (χ2v) is 3.54. The first-order valence-corrected chi connectivity index (χ1v) is 5.23. The van der Waals surface area contributed by atoms with Crippen LogP contribution in [0.25, 0.3) is 10.9 Å². The van der Waals surface area contributed by atoms with Crippen molar-refractivity contribution in [2.24, 2.45) is 0 Å². The molecule has 3 nitrogen and oxygen atoms in total. The molecule has 17 heavy (non-hydrogen) atoms. The molecule has 0 N–H and O–H groups in total. The maximum atomic E-state index is 11.3. The lowest BCUT2D eigenvalue weighted by molar-refractivity contribution is -0.141. The lowest BCUT2D eigenvalue weighted by atomic mass is 10.2. The zero-order chi connectivity index (χ0) is 12.1. The number of hydrogen-bond donors (Lipinski definition) is 0. The Balaban J connectivity index is 2.14. The van der Waals surface area contributed by atoms with Crippen LogP contribution in [0.3, 0.4) is 0 Å². The van der Waals surface area contributed by atoms with E-state index in [1.54, 1.807) is 0 Å². The first-order valence-electron chi connectivity index (χ1n) is 5.23. The molecule has 0 radical (unpaired) electrons. The summed E-state index contributed by atoms with van der Waals surface area (Å²) in [6, 6.07) is 11.5. The number of aromatic nitrogens is 1. The van der Waals surface area contributed by atoms with Crippen LogP contribution in [0.2, 0.25) is 0 Å². The van der Waals surface area contributed by atoms with Crippen molar-refractivity contribution >= 4 is 16.9 Å². The SMILES string of the molecule is C#CCOC(=O)Cc1ccc2ccccc2n1. The molecular weight excluding hydrogens is 214 g/mol. The minimum absolute atomic E-state index is 0.00636. The van der Waals surface area contributed by atoms with E-state index in [0.29, 0.717) is 5.69 Å². The second-order valence-electron chi connectivity index (χ2n) is 3.54. The van der Waals surface area contributed by atoms with Gasteiger partial charge in [-0.05, 0) is 12.1 Å². The van der Waals surface area contributed by atoms with Crippen LogP contribution in [0, 0.1) is 12.3 Å². The van der Waals surface area contributed by atoms with Gasteiger partial charge < -0.3 is 4.74 Å². The predicted octanol–water partition coefficient (Wildman–Crippen LogP) is 1.95. The molecule has 3 heteroatoms. The van der Waals surface area contributed by atoms with Gasteiger partial charge in [0.1, 0.15) is 0 Å². The molecular formula is C14H11NO2. The molecule has 0 fully saturated rings. The molecule has 2 rings (SSSR count). The van der Waals surface area contributed by atoms with E-state index in [9.17, 15) is 4.79 Å². The van der Waals surface area contributed by atoms with E-state index in [1.165, 1.54) is 0 Å². The minimum Gasteiger partial charge on any atom is -0.452 e. The first-order chi connectivity index (χ1) is 8.29. The summed E-state index contributed by atoms with van der Waals surface area (Å²) in [6.45, 7) is 0.00636. The Bertz CT molecular complexity index is 584. The molecule has 0 spiro atoms. The molecule has 0 unspecified atom stereocenters. The fourth-order valence-corrected chi connectivity index (χ4v) is 1.53. The average Bonchev–Trinajstić information content (AvgIpc) is 2.36.